The Hall–Kier alpha value is -2.64. The molecule has 0 atom stereocenters. The number of aromatic nitrogens is 2. The highest BCUT2D eigenvalue weighted by molar-refractivity contribution is 6.01. The van der Waals surface area contributed by atoms with Crippen LogP contribution in [0.5, 0.6) is 0 Å². The highest BCUT2D eigenvalue weighted by Crippen LogP contribution is 2.22. The summed E-state index contributed by atoms with van der Waals surface area (Å²) < 4.78 is 4.80. The van der Waals surface area contributed by atoms with Gasteiger partial charge >= 0.3 is 5.88 Å². The standard InChI is InChI=1S/C12H14N4O4/c1-12(2,3)8-6-9(15-14-8)13-11(17)7-4-5-10(20-7)16(18)19/h4-6H,1-3H3,(H2,13,14,15,17). The van der Waals surface area contributed by atoms with E-state index < -0.39 is 16.7 Å². The van der Waals surface area contributed by atoms with Gasteiger partial charge in [-0.3, -0.25) is 20.0 Å². The van der Waals surface area contributed by atoms with E-state index >= 15 is 0 Å². The highest BCUT2D eigenvalue weighted by Gasteiger charge is 2.20. The van der Waals surface area contributed by atoms with Crippen LogP contribution in [0, 0.1) is 10.1 Å². The number of hydrogen-bond donors (Lipinski definition) is 2. The molecule has 1 amide bonds. The van der Waals surface area contributed by atoms with Gasteiger partial charge in [-0.05, 0) is 6.07 Å². The van der Waals surface area contributed by atoms with Crippen LogP contribution in [0.1, 0.15) is 37.0 Å². The van der Waals surface area contributed by atoms with Crippen molar-refractivity contribution in [2.75, 3.05) is 5.32 Å². The fraction of sp³-hybridized carbons (Fsp3) is 0.333. The average molecular weight is 278 g/mol. The van der Waals surface area contributed by atoms with Crippen LogP contribution in [0.3, 0.4) is 0 Å². The van der Waals surface area contributed by atoms with Gasteiger partial charge in [0.05, 0.1) is 6.07 Å². The predicted octanol–water partition coefficient (Wildman–Crippen LogP) is 2.46. The maximum atomic E-state index is 11.8. The van der Waals surface area contributed by atoms with Gasteiger partial charge in [0.15, 0.2) is 11.6 Å². The zero-order chi connectivity index (χ0) is 14.9. The molecular formula is C12H14N4O4. The Morgan fingerprint density at radius 2 is 2.15 bits per heavy atom. The predicted molar refractivity (Wildman–Crippen MR) is 70.6 cm³/mol. The second-order valence-electron chi connectivity index (χ2n) is 5.27. The third-order valence-electron chi connectivity index (χ3n) is 2.62. The largest absolute Gasteiger partial charge is 0.433 e. The summed E-state index contributed by atoms with van der Waals surface area (Å²) in [5.41, 5.74) is 0.734. The van der Waals surface area contributed by atoms with Gasteiger partial charge in [0.2, 0.25) is 0 Å². The van der Waals surface area contributed by atoms with Gasteiger partial charge < -0.3 is 9.73 Å². The lowest BCUT2D eigenvalue weighted by atomic mass is 9.92. The molecule has 0 bridgehead atoms. The van der Waals surface area contributed by atoms with Crippen molar-refractivity contribution in [1.82, 2.24) is 10.2 Å². The smallest absolute Gasteiger partial charge is 0.395 e. The molecule has 2 heterocycles. The van der Waals surface area contributed by atoms with Crippen LogP contribution in [0.2, 0.25) is 0 Å². The number of H-pyrrole nitrogens is 1. The average Bonchev–Trinajstić information content (AvgIpc) is 2.95. The third kappa shape index (κ3) is 2.85. The van der Waals surface area contributed by atoms with Crippen LogP contribution in [-0.4, -0.2) is 21.0 Å². The minimum atomic E-state index is -0.705. The molecule has 0 aliphatic carbocycles. The van der Waals surface area contributed by atoms with Gasteiger partial charge in [-0.1, -0.05) is 20.8 Å². The Bertz CT molecular complexity index is 650. The van der Waals surface area contributed by atoms with Gasteiger partial charge in [-0.25, -0.2) is 0 Å². The number of rotatable bonds is 3. The summed E-state index contributed by atoms with van der Waals surface area (Å²) in [5.74, 6) is -0.881. The van der Waals surface area contributed by atoms with Crippen molar-refractivity contribution in [3.8, 4) is 0 Å². The van der Waals surface area contributed by atoms with Crippen LogP contribution in [0.15, 0.2) is 22.6 Å². The number of furan rings is 1. The fourth-order valence-corrected chi connectivity index (χ4v) is 1.50. The fourth-order valence-electron chi connectivity index (χ4n) is 1.50. The molecule has 2 N–H and O–H groups in total. The van der Waals surface area contributed by atoms with Crippen molar-refractivity contribution >= 4 is 17.6 Å². The molecule has 0 aromatic carbocycles. The first-order valence-corrected chi connectivity index (χ1v) is 5.89. The second kappa shape index (κ2) is 4.80. The van der Waals surface area contributed by atoms with E-state index in [1.165, 1.54) is 6.07 Å². The number of carbonyl (C=O) groups is 1. The van der Waals surface area contributed by atoms with Crippen molar-refractivity contribution in [2.45, 2.75) is 26.2 Å². The number of aromatic amines is 1. The zero-order valence-corrected chi connectivity index (χ0v) is 11.3. The summed E-state index contributed by atoms with van der Waals surface area (Å²) in [4.78, 5) is 21.6. The van der Waals surface area contributed by atoms with Crippen molar-refractivity contribution in [3.63, 3.8) is 0 Å². The summed E-state index contributed by atoms with van der Waals surface area (Å²) in [6, 6.07) is 4.07. The zero-order valence-electron chi connectivity index (χ0n) is 11.3. The molecule has 0 saturated carbocycles. The van der Waals surface area contributed by atoms with Crippen LogP contribution in [0.4, 0.5) is 11.7 Å². The molecule has 0 aliphatic heterocycles. The Morgan fingerprint density at radius 3 is 2.65 bits per heavy atom. The van der Waals surface area contributed by atoms with E-state index in [9.17, 15) is 14.9 Å². The summed E-state index contributed by atoms with van der Waals surface area (Å²) in [6.07, 6.45) is 0. The van der Waals surface area contributed by atoms with Gasteiger partial charge in [-0.2, -0.15) is 5.10 Å². The first-order valence-electron chi connectivity index (χ1n) is 5.89. The van der Waals surface area contributed by atoms with Gasteiger partial charge in [0, 0.05) is 17.2 Å². The number of nitrogens with one attached hydrogen (secondary N) is 2. The lowest BCUT2D eigenvalue weighted by molar-refractivity contribution is -0.402. The minimum Gasteiger partial charge on any atom is -0.395 e. The minimum absolute atomic E-state index is 0.126. The Kier molecular flexibility index (Phi) is 3.31. The first kappa shape index (κ1) is 13.8. The molecule has 8 nitrogen and oxygen atoms in total. The molecule has 8 heteroatoms. The summed E-state index contributed by atoms with van der Waals surface area (Å²) in [5, 5.41) is 19.8. The first-order chi connectivity index (χ1) is 9.27. The summed E-state index contributed by atoms with van der Waals surface area (Å²) in [6.45, 7) is 6.01. The maximum Gasteiger partial charge on any atom is 0.433 e. The van der Waals surface area contributed by atoms with E-state index in [1.807, 2.05) is 20.8 Å². The number of nitro groups is 1. The van der Waals surface area contributed by atoms with E-state index in [4.69, 9.17) is 4.42 Å². The molecule has 0 radical (unpaired) electrons. The number of carbonyl (C=O) groups excluding carboxylic acids is 1. The van der Waals surface area contributed by atoms with E-state index in [-0.39, 0.29) is 11.2 Å². The molecule has 2 aromatic heterocycles. The number of amides is 1. The Balaban J connectivity index is 2.11. The van der Waals surface area contributed by atoms with Crippen LogP contribution in [0.25, 0.3) is 0 Å². The topological polar surface area (TPSA) is 114 Å². The van der Waals surface area contributed by atoms with Crippen LogP contribution in [-0.2, 0) is 5.41 Å². The van der Waals surface area contributed by atoms with Crippen LogP contribution >= 0.6 is 0 Å². The maximum absolute atomic E-state index is 11.8. The van der Waals surface area contributed by atoms with Gasteiger partial charge in [0.1, 0.15) is 4.92 Å². The van der Waals surface area contributed by atoms with Gasteiger partial charge in [-0.15, -0.1) is 0 Å². The number of nitrogens with zero attached hydrogens (tertiary/aromatic N) is 2. The number of anilines is 1. The summed E-state index contributed by atoms with van der Waals surface area (Å²) in [7, 11) is 0. The highest BCUT2D eigenvalue weighted by atomic mass is 16.6. The van der Waals surface area contributed by atoms with Gasteiger partial charge in [0.25, 0.3) is 5.91 Å². The van der Waals surface area contributed by atoms with Crippen molar-refractivity contribution in [1.29, 1.82) is 0 Å². The monoisotopic (exact) mass is 278 g/mol. The molecule has 0 aliphatic rings. The molecule has 0 saturated heterocycles. The molecule has 106 valence electrons. The van der Waals surface area contributed by atoms with E-state index in [0.717, 1.165) is 11.8 Å². The van der Waals surface area contributed by atoms with Crippen molar-refractivity contribution in [3.05, 3.63) is 39.8 Å². The summed E-state index contributed by atoms with van der Waals surface area (Å²) >= 11 is 0. The molecule has 2 aromatic rings. The number of hydrogen-bond acceptors (Lipinski definition) is 5. The molecule has 20 heavy (non-hydrogen) atoms. The quantitative estimate of drug-likeness (QED) is 0.661. The Morgan fingerprint density at radius 1 is 1.45 bits per heavy atom. The molecule has 2 rings (SSSR count). The molecule has 0 spiro atoms. The van der Waals surface area contributed by atoms with E-state index in [0.29, 0.717) is 5.82 Å². The normalized spacial score (nSPS) is 11.3. The van der Waals surface area contributed by atoms with E-state index in [1.54, 1.807) is 6.07 Å². The lowest BCUT2D eigenvalue weighted by Gasteiger charge is -2.14. The molecular weight excluding hydrogens is 264 g/mol. The van der Waals surface area contributed by atoms with Crippen molar-refractivity contribution in [2.24, 2.45) is 0 Å². The third-order valence-corrected chi connectivity index (χ3v) is 2.62. The second-order valence-corrected chi connectivity index (χ2v) is 5.27. The van der Waals surface area contributed by atoms with Crippen LogP contribution < -0.4 is 5.32 Å². The van der Waals surface area contributed by atoms with E-state index in [2.05, 4.69) is 15.5 Å². The van der Waals surface area contributed by atoms with Crippen molar-refractivity contribution < 1.29 is 14.1 Å². The lowest BCUT2D eigenvalue weighted by Crippen LogP contribution is -2.12. The molecule has 0 unspecified atom stereocenters. The molecule has 0 fully saturated rings. The SMILES string of the molecule is CC(C)(C)c1cc(NC(=O)c2ccc([N+](=O)[O-])o2)n[nH]1. The Labute approximate surface area is 114 Å².